The van der Waals surface area contributed by atoms with Crippen molar-refractivity contribution in [2.24, 2.45) is 0 Å². The average molecular weight is 448 g/mol. The van der Waals surface area contributed by atoms with Crippen molar-refractivity contribution < 1.29 is 19.1 Å². The number of amides is 2. The van der Waals surface area contributed by atoms with E-state index in [0.29, 0.717) is 30.1 Å². The maximum absolute atomic E-state index is 12.3. The largest absolute Gasteiger partial charge is 0.444 e. The van der Waals surface area contributed by atoms with Gasteiger partial charge in [-0.1, -0.05) is 19.9 Å². The first-order valence-electron chi connectivity index (χ1n) is 11.4. The Hall–Kier alpha value is -2.57. The van der Waals surface area contributed by atoms with Crippen LogP contribution >= 0.6 is 0 Å². The Bertz CT molecular complexity index is 798. The van der Waals surface area contributed by atoms with E-state index in [2.05, 4.69) is 5.32 Å². The van der Waals surface area contributed by atoms with Gasteiger partial charge >= 0.3 is 12.2 Å². The van der Waals surface area contributed by atoms with Crippen LogP contribution in [0, 0.1) is 5.41 Å². The van der Waals surface area contributed by atoms with Gasteiger partial charge in [0.1, 0.15) is 11.2 Å². The molecule has 2 amide bonds. The predicted octanol–water partition coefficient (Wildman–Crippen LogP) is 6.56. The Kier molecular flexibility index (Phi) is 9.73. The summed E-state index contributed by atoms with van der Waals surface area (Å²) in [6.07, 6.45) is 0.848. The fraction of sp³-hybridized carbons (Fsp3) is 0.640. The molecule has 180 valence electrons. The maximum Gasteiger partial charge on any atom is 0.412 e. The molecular formula is C25H41N3O4. The minimum atomic E-state index is -0.591. The summed E-state index contributed by atoms with van der Waals surface area (Å²) in [5.74, 6) is 0.289. The summed E-state index contributed by atoms with van der Waals surface area (Å²) in [5, 5.41) is 10.9. The molecule has 1 aromatic rings. The number of nitrogens with zero attached hydrogens (tertiary/aromatic N) is 1. The molecule has 0 saturated carbocycles. The Labute approximate surface area is 193 Å². The summed E-state index contributed by atoms with van der Waals surface area (Å²) in [6.45, 7) is 18.0. The van der Waals surface area contributed by atoms with Crippen molar-refractivity contribution >= 4 is 23.6 Å². The van der Waals surface area contributed by atoms with Gasteiger partial charge in [-0.15, -0.1) is 0 Å². The van der Waals surface area contributed by atoms with Crippen LogP contribution in [0.3, 0.4) is 0 Å². The van der Waals surface area contributed by atoms with E-state index in [4.69, 9.17) is 14.9 Å². The monoisotopic (exact) mass is 447 g/mol. The molecule has 2 N–H and O–H groups in total. The lowest BCUT2D eigenvalue weighted by atomic mass is 9.88. The normalized spacial score (nSPS) is 14.7. The van der Waals surface area contributed by atoms with Crippen molar-refractivity contribution in [1.29, 1.82) is 5.41 Å². The second-order valence-electron chi connectivity index (χ2n) is 9.80. The number of hydrogen-bond donors (Lipinski definition) is 2. The molecular weight excluding hydrogens is 406 g/mol. The summed E-state index contributed by atoms with van der Waals surface area (Å²) >= 11 is 0. The van der Waals surface area contributed by atoms with Crippen LogP contribution in [0.4, 0.5) is 15.3 Å². The predicted molar refractivity (Wildman–Crippen MR) is 130 cm³/mol. The van der Waals surface area contributed by atoms with E-state index in [1.807, 2.05) is 73.6 Å². The molecule has 1 aromatic carbocycles. The van der Waals surface area contributed by atoms with Gasteiger partial charge in [0.25, 0.3) is 0 Å². The molecule has 1 saturated heterocycles. The number of likely N-dealkylation sites (tertiary alicyclic amines) is 1. The highest BCUT2D eigenvalue weighted by Crippen LogP contribution is 2.31. The van der Waals surface area contributed by atoms with E-state index < -0.39 is 17.3 Å². The smallest absolute Gasteiger partial charge is 0.412 e. The van der Waals surface area contributed by atoms with Crippen molar-refractivity contribution in [3.05, 3.63) is 29.3 Å². The van der Waals surface area contributed by atoms with Crippen LogP contribution in [-0.4, -0.2) is 47.1 Å². The van der Waals surface area contributed by atoms with Crippen molar-refractivity contribution in [2.75, 3.05) is 18.4 Å². The third-order valence-corrected chi connectivity index (χ3v) is 4.70. The zero-order valence-corrected chi connectivity index (χ0v) is 21.2. The standard InChI is InChI=1S/C23H35N3O4.C2H6/c1-15(24)18-14-17(8-9-19(18)25-20(27)29-22(2,3)4)16-10-12-26(13-11-16)21(28)30-23(5,6)7;1-2/h8-9,14,16,24H,10-13H2,1-7H3,(H,25,27);1-2H3. The lowest BCUT2D eigenvalue weighted by molar-refractivity contribution is 0.0204. The van der Waals surface area contributed by atoms with Crippen molar-refractivity contribution in [3.8, 4) is 0 Å². The summed E-state index contributed by atoms with van der Waals surface area (Å²) in [6, 6.07) is 5.77. The third kappa shape index (κ3) is 8.89. The van der Waals surface area contributed by atoms with Gasteiger partial charge in [0.05, 0.1) is 5.69 Å². The molecule has 7 heteroatoms. The van der Waals surface area contributed by atoms with Gasteiger partial charge in [-0.25, -0.2) is 9.59 Å². The van der Waals surface area contributed by atoms with Gasteiger partial charge in [0.2, 0.25) is 0 Å². The number of carbonyl (C=O) groups is 2. The van der Waals surface area contributed by atoms with Gasteiger partial charge < -0.3 is 19.8 Å². The fourth-order valence-electron chi connectivity index (χ4n) is 3.37. The van der Waals surface area contributed by atoms with Crippen LogP contribution in [0.15, 0.2) is 18.2 Å². The zero-order valence-electron chi connectivity index (χ0n) is 21.2. The number of ether oxygens (including phenoxy) is 2. The SMILES string of the molecule is CC.CC(=N)c1cc(C2CCN(C(=O)OC(C)(C)C)CC2)ccc1NC(=O)OC(C)(C)C. The summed E-state index contributed by atoms with van der Waals surface area (Å²) in [5.41, 5.74) is 1.62. The molecule has 1 fully saturated rings. The highest BCUT2D eigenvalue weighted by atomic mass is 16.6. The molecule has 0 radical (unpaired) electrons. The highest BCUT2D eigenvalue weighted by Gasteiger charge is 2.28. The van der Waals surface area contributed by atoms with E-state index in [9.17, 15) is 9.59 Å². The molecule has 0 aromatic heterocycles. The van der Waals surface area contributed by atoms with Crippen LogP contribution in [0.5, 0.6) is 0 Å². The minimum absolute atomic E-state index is 0.270. The van der Waals surface area contributed by atoms with Gasteiger partial charge in [-0.3, -0.25) is 5.32 Å². The number of benzene rings is 1. The Balaban J connectivity index is 0.00000249. The van der Waals surface area contributed by atoms with Gasteiger partial charge in [0.15, 0.2) is 0 Å². The molecule has 0 aliphatic carbocycles. The van der Waals surface area contributed by atoms with Gasteiger partial charge in [-0.2, -0.15) is 0 Å². The molecule has 7 nitrogen and oxygen atoms in total. The van der Waals surface area contributed by atoms with E-state index >= 15 is 0 Å². The molecule has 0 atom stereocenters. The summed E-state index contributed by atoms with van der Waals surface area (Å²) in [4.78, 5) is 26.2. The Morgan fingerprint density at radius 3 is 2.00 bits per heavy atom. The fourth-order valence-corrected chi connectivity index (χ4v) is 3.37. The Morgan fingerprint density at radius 2 is 1.53 bits per heavy atom. The van der Waals surface area contributed by atoms with Crippen LogP contribution in [0.1, 0.15) is 92.2 Å². The minimum Gasteiger partial charge on any atom is -0.444 e. The summed E-state index contributed by atoms with van der Waals surface area (Å²) in [7, 11) is 0. The van der Waals surface area contributed by atoms with Crippen molar-refractivity contribution in [2.45, 2.75) is 92.3 Å². The van der Waals surface area contributed by atoms with Crippen LogP contribution < -0.4 is 5.32 Å². The van der Waals surface area contributed by atoms with E-state index in [1.54, 1.807) is 11.8 Å². The molecule has 2 rings (SSSR count). The quantitative estimate of drug-likeness (QED) is 0.513. The number of carbonyl (C=O) groups excluding carboxylic acids is 2. The average Bonchev–Trinajstić information content (AvgIpc) is 2.67. The molecule has 32 heavy (non-hydrogen) atoms. The number of rotatable bonds is 3. The van der Waals surface area contributed by atoms with E-state index in [1.165, 1.54) is 0 Å². The lowest BCUT2D eigenvalue weighted by Gasteiger charge is -2.33. The molecule has 1 aliphatic rings. The number of piperidine rings is 1. The highest BCUT2D eigenvalue weighted by molar-refractivity contribution is 6.04. The maximum atomic E-state index is 12.3. The van der Waals surface area contributed by atoms with Crippen molar-refractivity contribution in [1.82, 2.24) is 4.90 Å². The summed E-state index contributed by atoms with van der Waals surface area (Å²) < 4.78 is 10.8. The van der Waals surface area contributed by atoms with Crippen LogP contribution in [-0.2, 0) is 9.47 Å². The topological polar surface area (TPSA) is 91.7 Å². The Morgan fingerprint density at radius 1 is 1.00 bits per heavy atom. The van der Waals surface area contributed by atoms with Crippen molar-refractivity contribution in [3.63, 3.8) is 0 Å². The number of hydrogen-bond acceptors (Lipinski definition) is 5. The van der Waals surface area contributed by atoms with Gasteiger partial charge in [-0.05, 0) is 84.9 Å². The zero-order chi connectivity index (χ0) is 24.7. The second kappa shape index (κ2) is 11.3. The van der Waals surface area contributed by atoms with E-state index in [0.717, 1.165) is 18.4 Å². The molecule has 0 bridgehead atoms. The van der Waals surface area contributed by atoms with Crippen LogP contribution in [0.25, 0.3) is 0 Å². The number of anilines is 1. The first kappa shape index (κ1) is 27.5. The lowest BCUT2D eigenvalue weighted by Crippen LogP contribution is -2.41. The molecule has 0 spiro atoms. The number of nitrogens with one attached hydrogen (secondary N) is 2. The molecule has 0 unspecified atom stereocenters. The first-order valence-corrected chi connectivity index (χ1v) is 11.4. The van der Waals surface area contributed by atoms with Gasteiger partial charge in [0, 0.05) is 24.4 Å². The molecule has 1 heterocycles. The third-order valence-electron chi connectivity index (χ3n) is 4.70. The van der Waals surface area contributed by atoms with Crippen LogP contribution in [0.2, 0.25) is 0 Å². The molecule has 1 aliphatic heterocycles. The second-order valence-corrected chi connectivity index (χ2v) is 9.80. The van der Waals surface area contributed by atoms with E-state index in [-0.39, 0.29) is 12.0 Å². The first-order chi connectivity index (χ1) is 14.7.